The van der Waals surface area contributed by atoms with Crippen LogP contribution in [0.3, 0.4) is 0 Å². The van der Waals surface area contributed by atoms with Crippen molar-refractivity contribution in [3.8, 4) is 5.75 Å². The minimum Gasteiger partial charge on any atom is -0.493 e. The first-order chi connectivity index (χ1) is 26.4. The molecule has 8 heteroatoms. The molecule has 0 saturated heterocycles. The fourth-order valence-electron chi connectivity index (χ4n) is 7.55. The minimum absolute atomic E-state index is 0.0746. The third kappa shape index (κ3) is 9.05. The molecular weight excluding hydrogens is 705 g/mol. The molecule has 7 nitrogen and oxygen atoms in total. The summed E-state index contributed by atoms with van der Waals surface area (Å²) >= 11 is 0. The van der Waals surface area contributed by atoms with E-state index in [2.05, 4.69) is 81.4 Å². The van der Waals surface area contributed by atoms with Gasteiger partial charge in [0, 0.05) is 41.7 Å². The van der Waals surface area contributed by atoms with E-state index < -0.39 is 19.9 Å². The number of unbranched alkanes of at least 4 members (excludes halogenated alkanes) is 1. The Balaban J connectivity index is 0.930. The van der Waals surface area contributed by atoms with Crippen molar-refractivity contribution in [2.45, 2.75) is 70.4 Å². The number of hydrogen-bond donors (Lipinski definition) is 1. The molecule has 0 amide bonds. The van der Waals surface area contributed by atoms with Gasteiger partial charge in [0.15, 0.2) is 11.6 Å². The van der Waals surface area contributed by atoms with Crippen molar-refractivity contribution >= 4 is 36.2 Å². The Morgan fingerprint density at radius 2 is 1.18 bits per heavy atom. The van der Waals surface area contributed by atoms with E-state index in [0.717, 1.165) is 18.4 Å². The largest absolute Gasteiger partial charge is 0.493 e. The van der Waals surface area contributed by atoms with Gasteiger partial charge in [-0.15, -0.1) is 0 Å². The number of ether oxygens (including phenoxy) is 2. The maximum Gasteiger partial charge on any atom is 0.338 e. The molecule has 1 aliphatic carbocycles. The van der Waals surface area contributed by atoms with Crippen molar-refractivity contribution in [2.24, 2.45) is 0 Å². The molecule has 5 aromatic carbocycles. The van der Waals surface area contributed by atoms with Crippen molar-refractivity contribution in [3.63, 3.8) is 0 Å². The van der Waals surface area contributed by atoms with Crippen molar-refractivity contribution in [3.05, 3.63) is 161 Å². The van der Waals surface area contributed by atoms with Gasteiger partial charge in [0.25, 0.3) is 8.32 Å². The lowest BCUT2D eigenvalue weighted by atomic mass is 9.83. The van der Waals surface area contributed by atoms with Crippen LogP contribution in [0.2, 0.25) is 5.04 Å². The smallest absolute Gasteiger partial charge is 0.338 e. The number of ketones is 2. The monoisotopic (exact) mass is 754 g/mol. The highest BCUT2D eigenvalue weighted by Gasteiger charge is 2.50. The van der Waals surface area contributed by atoms with Crippen molar-refractivity contribution in [1.82, 2.24) is 0 Å². The van der Waals surface area contributed by atoms with E-state index in [1.165, 1.54) is 28.6 Å². The zero-order chi connectivity index (χ0) is 39.1. The second kappa shape index (κ2) is 17.1. The average Bonchev–Trinajstić information content (AvgIpc) is 3.18. The van der Waals surface area contributed by atoms with Crippen LogP contribution in [0.5, 0.6) is 5.75 Å². The third-order valence-corrected chi connectivity index (χ3v) is 15.3. The van der Waals surface area contributed by atoms with Crippen molar-refractivity contribution in [1.29, 1.82) is 0 Å². The SMILES string of the molecule is CC(O)(CCCCO[Si](c1ccccc1)(c1ccccc1)C(C)(C)C)Cc1ccc(OCCCOC(=O)c2ccc3c(c2)C(=O)c2ccccc2C3=O)cc1. The van der Waals surface area contributed by atoms with Crippen LogP contribution in [0, 0.1) is 0 Å². The summed E-state index contributed by atoms with van der Waals surface area (Å²) in [7, 11) is -2.58. The second-order valence-electron chi connectivity index (χ2n) is 15.6. The summed E-state index contributed by atoms with van der Waals surface area (Å²) < 4.78 is 18.3. The molecule has 55 heavy (non-hydrogen) atoms. The molecule has 284 valence electrons. The highest BCUT2D eigenvalue weighted by molar-refractivity contribution is 6.99. The summed E-state index contributed by atoms with van der Waals surface area (Å²) in [6, 6.07) is 40.2. The van der Waals surface area contributed by atoms with Gasteiger partial charge in [0.2, 0.25) is 0 Å². The lowest BCUT2D eigenvalue weighted by Crippen LogP contribution is -2.66. The van der Waals surface area contributed by atoms with Crippen LogP contribution in [0.25, 0.3) is 0 Å². The maximum absolute atomic E-state index is 13.0. The van der Waals surface area contributed by atoms with Gasteiger partial charge in [0.05, 0.1) is 24.4 Å². The molecule has 0 bridgehead atoms. The molecule has 5 aromatic rings. The number of carbonyl (C=O) groups is 3. The van der Waals surface area contributed by atoms with Gasteiger partial charge in [-0.3, -0.25) is 9.59 Å². The van der Waals surface area contributed by atoms with Crippen LogP contribution < -0.4 is 15.1 Å². The van der Waals surface area contributed by atoms with Gasteiger partial charge in [0.1, 0.15) is 5.75 Å². The van der Waals surface area contributed by atoms with Crippen LogP contribution in [0.4, 0.5) is 0 Å². The Morgan fingerprint density at radius 1 is 0.618 bits per heavy atom. The number of carbonyl (C=O) groups excluding carboxylic acids is 3. The Bertz CT molecular complexity index is 2060. The first kappa shape index (κ1) is 39.5. The molecule has 0 fully saturated rings. The number of aliphatic hydroxyl groups is 1. The van der Waals surface area contributed by atoms with Crippen molar-refractivity contribution < 1.29 is 33.4 Å². The first-order valence-corrected chi connectivity index (χ1v) is 21.0. The first-order valence-electron chi connectivity index (χ1n) is 19.1. The summed E-state index contributed by atoms with van der Waals surface area (Å²) in [6.07, 6.45) is 3.34. The van der Waals surface area contributed by atoms with Gasteiger partial charge in [-0.1, -0.05) is 118 Å². The molecule has 0 aliphatic heterocycles. The van der Waals surface area contributed by atoms with E-state index in [1.54, 1.807) is 24.3 Å². The number of hydrogen-bond acceptors (Lipinski definition) is 7. The van der Waals surface area contributed by atoms with Gasteiger partial charge >= 0.3 is 5.97 Å². The Kier molecular flexibility index (Phi) is 12.3. The molecule has 0 radical (unpaired) electrons. The number of esters is 1. The van der Waals surface area contributed by atoms with E-state index in [1.807, 2.05) is 31.2 Å². The third-order valence-electron chi connectivity index (χ3n) is 10.3. The average molecular weight is 755 g/mol. The highest BCUT2D eigenvalue weighted by atomic mass is 28.4. The fourth-order valence-corrected chi connectivity index (χ4v) is 12.2. The lowest BCUT2D eigenvalue weighted by molar-refractivity contribution is 0.0469. The molecular formula is C47H50O7Si. The summed E-state index contributed by atoms with van der Waals surface area (Å²) in [4.78, 5) is 38.6. The van der Waals surface area contributed by atoms with E-state index in [0.29, 0.717) is 49.4 Å². The fraction of sp³-hybridized carbons (Fsp3) is 0.298. The van der Waals surface area contributed by atoms with Gasteiger partial charge in [-0.2, -0.15) is 0 Å². The topological polar surface area (TPSA) is 99.1 Å². The molecule has 1 atom stereocenters. The van der Waals surface area contributed by atoms with E-state index in [-0.39, 0.29) is 39.9 Å². The predicted molar refractivity (Wildman–Crippen MR) is 218 cm³/mol. The number of fused-ring (bicyclic) bond motifs is 2. The Labute approximate surface area is 325 Å². The van der Waals surface area contributed by atoms with E-state index >= 15 is 0 Å². The quantitative estimate of drug-likeness (QED) is 0.0606. The van der Waals surface area contributed by atoms with Crippen LogP contribution in [0.15, 0.2) is 127 Å². The zero-order valence-corrected chi connectivity index (χ0v) is 33.2. The molecule has 0 saturated carbocycles. The molecule has 1 unspecified atom stereocenters. The van der Waals surface area contributed by atoms with Crippen molar-refractivity contribution in [2.75, 3.05) is 19.8 Å². The van der Waals surface area contributed by atoms with Gasteiger partial charge < -0.3 is 19.0 Å². The zero-order valence-electron chi connectivity index (χ0n) is 32.2. The van der Waals surface area contributed by atoms with Crippen LogP contribution >= 0.6 is 0 Å². The second-order valence-corrected chi connectivity index (χ2v) is 19.9. The van der Waals surface area contributed by atoms with Crippen LogP contribution in [0.1, 0.15) is 101 Å². The molecule has 6 rings (SSSR count). The normalized spacial score (nSPS) is 13.8. The molecule has 0 heterocycles. The van der Waals surface area contributed by atoms with Crippen LogP contribution in [-0.4, -0.2) is 56.4 Å². The lowest BCUT2D eigenvalue weighted by Gasteiger charge is -2.43. The number of benzene rings is 5. The van der Waals surface area contributed by atoms with E-state index in [9.17, 15) is 19.5 Å². The molecule has 1 aliphatic rings. The molecule has 0 aromatic heterocycles. The highest BCUT2D eigenvalue weighted by Crippen LogP contribution is 2.37. The summed E-state index contributed by atoms with van der Waals surface area (Å²) in [5, 5.41) is 13.8. The standard InChI is InChI=1S/C47H50O7Si/c1-46(2,3)55(37-16-7-5-8-17-37,38-18-9-6-10-19-38)54-31-14-13-28-47(4,51)33-34-22-25-36(26-23-34)52-29-15-30-53-45(50)35-24-27-41-42(32-35)44(49)40-21-12-11-20-39(40)43(41)48/h5-12,16-27,32,51H,13-15,28-31,33H2,1-4H3. The predicted octanol–water partition coefficient (Wildman–Crippen LogP) is 8.13. The van der Waals surface area contributed by atoms with Crippen LogP contribution in [-0.2, 0) is 15.6 Å². The summed E-state index contributed by atoms with van der Waals surface area (Å²) in [5.41, 5.74) is 1.58. The van der Waals surface area contributed by atoms with Gasteiger partial charge in [-0.25, -0.2) is 4.79 Å². The Hall–Kier alpha value is -5.15. The molecule has 1 N–H and O–H groups in total. The maximum atomic E-state index is 13.0. The minimum atomic E-state index is -2.58. The number of rotatable bonds is 16. The Morgan fingerprint density at radius 3 is 1.78 bits per heavy atom. The van der Waals surface area contributed by atoms with Gasteiger partial charge in [-0.05, 0) is 77.5 Å². The summed E-state index contributed by atoms with van der Waals surface area (Å²) in [6.45, 7) is 9.84. The summed E-state index contributed by atoms with van der Waals surface area (Å²) in [5.74, 6) is -0.390. The molecule has 0 spiro atoms. The van der Waals surface area contributed by atoms with E-state index in [4.69, 9.17) is 13.9 Å².